The van der Waals surface area contributed by atoms with Gasteiger partial charge in [0.2, 0.25) is 0 Å². The van der Waals surface area contributed by atoms with Crippen LogP contribution in [0.15, 0.2) is 18.3 Å². The summed E-state index contributed by atoms with van der Waals surface area (Å²) in [6.45, 7) is 9.49. The summed E-state index contributed by atoms with van der Waals surface area (Å²) in [7, 11) is 0. The maximum absolute atomic E-state index is 5.92. The monoisotopic (exact) mass is 230 g/mol. The normalized spacial score (nSPS) is 13.5. The van der Waals surface area contributed by atoms with Crippen molar-refractivity contribution in [3.05, 3.63) is 35.0 Å². The van der Waals surface area contributed by atoms with Crippen molar-refractivity contribution in [2.45, 2.75) is 33.6 Å². The van der Waals surface area contributed by atoms with Crippen molar-refractivity contribution in [1.82, 2.24) is 4.98 Å². The van der Waals surface area contributed by atoms with E-state index >= 15 is 0 Å². The second-order valence-electron chi connectivity index (χ2n) is 5.33. The summed E-state index contributed by atoms with van der Waals surface area (Å²) in [5.41, 5.74) is 11.2. The number of nitrogens with one attached hydrogen (secondary N) is 1. The molecule has 2 heteroatoms. The summed E-state index contributed by atoms with van der Waals surface area (Å²) in [6, 6.07) is 4.45. The molecule has 2 rings (SSSR count). The quantitative estimate of drug-likeness (QED) is 0.832. The molecule has 1 aromatic heterocycles. The Morgan fingerprint density at radius 2 is 1.94 bits per heavy atom. The molecule has 0 saturated heterocycles. The number of fused-ring (bicyclic) bond motifs is 1. The lowest BCUT2D eigenvalue weighted by Gasteiger charge is -2.19. The largest absolute Gasteiger partial charge is 0.361 e. The maximum atomic E-state index is 5.92. The van der Waals surface area contributed by atoms with Crippen LogP contribution in [0.3, 0.4) is 0 Å². The lowest BCUT2D eigenvalue weighted by Crippen LogP contribution is -2.17. The molecule has 2 nitrogen and oxygen atoms in total. The van der Waals surface area contributed by atoms with Crippen molar-refractivity contribution in [2.24, 2.45) is 11.7 Å². The Labute approximate surface area is 103 Å². The van der Waals surface area contributed by atoms with Gasteiger partial charge >= 0.3 is 0 Å². The van der Waals surface area contributed by atoms with Crippen LogP contribution in [0.2, 0.25) is 0 Å². The molecule has 1 unspecified atom stereocenters. The van der Waals surface area contributed by atoms with E-state index in [9.17, 15) is 0 Å². The Balaban J connectivity index is 2.63. The summed E-state index contributed by atoms with van der Waals surface area (Å²) in [4.78, 5) is 3.38. The van der Waals surface area contributed by atoms with Crippen LogP contribution in [0.25, 0.3) is 10.9 Å². The van der Waals surface area contributed by atoms with Crippen LogP contribution >= 0.6 is 0 Å². The molecule has 92 valence electrons. The van der Waals surface area contributed by atoms with Crippen LogP contribution in [0.4, 0.5) is 0 Å². The van der Waals surface area contributed by atoms with E-state index < -0.39 is 0 Å². The third-order valence-corrected chi connectivity index (χ3v) is 3.61. The molecule has 2 aromatic rings. The molecular weight excluding hydrogens is 208 g/mol. The van der Waals surface area contributed by atoms with Crippen LogP contribution in [0.1, 0.15) is 36.5 Å². The average molecular weight is 230 g/mol. The number of benzene rings is 1. The average Bonchev–Trinajstić information content (AvgIpc) is 2.62. The molecular formula is C15H22N2. The van der Waals surface area contributed by atoms with Crippen molar-refractivity contribution in [3.8, 4) is 0 Å². The number of aromatic nitrogens is 1. The number of aryl methyl sites for hydroxylation is 2. The van der Waals surface area contributed by atoms with Gasteiger partial charge in [-0.25, -0.2) is 0 Å². The highest BCUT2D eigenvalue weighted by molar-refractivity contribution is 5.87. The van der Waals surface area contributed by atoms with Crippen LogP contribution in [-0.2, 0) is 0 Å². The molecule has 0 bridgehead atoms. The van der Waals surface area contributed by atoms with Crippen molar-refractivity contribution >= 4 is 10.9 Å². The predicted molar refractivity (Wildman–Crippen MR) is 74.4 cm³/mol. The van der Waals surface area contributed by atoms with Crippen LogP contribution in [-0.4, -0.2) is 11.5 Å². The van der Waals surface area contributed by atoms with Gasteiger partial charge in [-0.3, -0.25) is 0 Å². The van der Waals surface area contributed by atoms with Gasteiger partial charge in [0.1, 0.15) is 0 Å². The zero-order valence-corrected chi connectivity index (χ0v) is 11.2. The SMILES string of the molecule is Cc1cc(C)c2c(C(CN)C(C)C)c[nH]c2c1. The van der Waals surface area contributed by atoms with Crippen LogP contribution in [0, 0.1) is 19.8 Å². The predicted octanol–water partition coefficient (Wildman–Crippen LogP) is 3.48. The van der Waals surface area contributed by atoms with Crippen molar-refractivity contribution in [2.75, 3.05) is 6.54 Å². The summed E-state index contributed by atoms with van der Waals surface area (Å²) in [5, 5.41) is 1.36. The first kappa shape index (κ1) is 12.2. The summed E-state index contributed by atoms with van der Waals surface area (Å²) >= 11 is 0. The topological polar surface area (TPSA) is 41.8 Å². The van der Waals surface area contributed by atoms with E-state index in [1.165, 1.54) is 27.6 Å². The third-order valence-electron chi connectivity index (χ3n) is 3.61. The van der Waals surface area contributed by atoms with E-state index in [-0.39, 0.29) is 0 Å². The Morgan fingerprint density at radius 3 is 2.53 bits per heavy atom. The molecule has 0 fully saturated rings. The molecule has 3 N–H and O–H groups in total. The first-order valence-electron chi connectivity index (χ1n) is 6.33. The van der Waals surface area contributed by atoms with E-state index in [4.69, 9.17) is 5.73 Å². The summed E-state index contributed by atoms with van der Waals surface area (Å²) in [6.07, 6.45) is 2.13. The van der Waals surface area contributed by atoms with E-state index in [1.807, 2.05) is 0 Å². The van der Waals surface area contributed by atoms with Gasteiger partial charge in [-0.05, 0) is 49.1 Å². The molecule has 0 radical (unpaired) electrons. The number of H-pyrrole nitrogens is 1. The van der Waals surface area contributed by atoms with Gasteiger partial charge < -0.3 is 10.7 Å². The highest BCUT2D eigenvalue weighted by Crippen LogP contribution is 2.32. The minimum Gasteiger partial charge on any atom is -0.361 e. The van der Waals surface area contributed by atoms with Gasteiger partial charge in [0, 0.05) is 23.0 Å². The Bertz CT molecular complexity index is 523. The highest BCUT2D eigenvalue weighted by Gasteiger charge is 2.18. The van der Waals surface area contributed by atoms with Crippen LogP contribution < -0.4 is 5.73 Å². The van der Waals surface area contributed by atoms with E-state index in [0.717, 1.165) is 0 Å². The molecule has 0 spiro atoms. The molecule has 0 amide bonds. The number of hydrogen-bond donors (Lipinski definition) is 2. The Hall–Kier alpha value is -1.28. The van der Waals surface area contributed by atoms with Crippen molar-refractivity contribution in [1.29, 1.82) is 0 Å². The number of nitrogens with two attached hydrogens (primary N) is 1. The van der Waals surface area contributed by atoms with Gasteiger partial charge in [0.05, 0.1) is 0 Å². The second-order valence-corrected chi connectivity index (χ2v) is 5.33. The Morgan fingerprint density at radius 1 is 1.24 bits per heavy atom. The van der Waals surface area contributed by atoms with E-state index in [1.54, 1.807) is 0 Å². The first-order valence-corrected chi connectivity index (χ1v) is 6.33. The molecule has 1 heterocycles. The first-order chi connectivity index (χ1) is 8.04. The standard InChI is InChI=1S/C15H22N2/c1-9(2)12(7-16)13-8-17-14-6-10(3)5-11(4)15(13)14/h5-6,8-9,12,17H,7,16H2,1-4H3. The lowest BCUT2D eigenvalue weighted by molar-refractivity contribution is 0.509. The zero-order chi connectivity index (χ0) is 12.6. The third kappa shape index (κ3) is 2.09. The Kier molecular flexibility index (Phi) is 3.25. The molecule has 0 aliphatic rings. The molecule has 0 aliphatic heterocycles. The van der Waals surface area contributed by atoms with Gasteiger partial charge in [-0.15, -0.1) is 0 Å². The van der Waals surface area contributed by atoms with Crippen molar-refractivity contribution < 1.29 is 0 Å². The number of rotatable bonds is 3. The molecule has 17 heavy (non-hydrogen) atoms. The summed E-state index contributed by atoms with van der Waals surface area (Å²) < 4.78 is 0. The maximum Gasteiger partial charge on any atom is 0.0462 e. The summed E-state index contributed by atoms with van der Waals surface area (Å²) in [5.74, 6) is 1.00. The lowest BCUT2D eigenvalue weighted by atomic mass is 9.87. The van der Waals surface area contributed by atoms with Gasteiger partial charge in [0.25, 0.3) is 0 Å². The fourth-order valence-corrected chi connectivity index (χ4v) is 2.74. The second kappa shape index (κ2) is 4.53. The molecule has 0 aliphatic carbocycles. The highest BCUT2D eigenvalue weighted by atomic mass is 14.7. The van der Waals surface area contributed by atoms with Crippen LogP contribution in [0.5, 0.6) is 0 Å². The van der Waals surface area contributed by atoms with Gasteiger partial charge in [-0.1, -0.05) is 19.9 Å². The zero-order valence-electron chi connectivity index (χ0n) is 11.2. The fraction of sp³-hybridized carbons (Fsp3) is 0.467. The van der Waals surface area contributed by atoms with E-state index in [2.05, 4.69) is 51.0 Å². The molecule has 1 atom stereocenters. The van der Waals surface area contributed by atoms with Gasteiger partial charge in [0.15, 0.2) is 0 Å². The smallest absolute Gasteiger partial charge is 0.0462 e. The fourth-order valence-electron chi connectivity index (χ4n) is 2.74. The van der Waals surface area contributed by atoms with E-state index in [0.29, 0.717) is 18.4 Å². The minimum absolute atomic E-state index is 0.435. The molecule has 1 aromatic carbocycles. The number of hydrogen-bond acceptors (Lipinski definition) is 1. The van der Waals surface area contributed by atoms with Gasteiger partial charge in [-0.2, -0.15) is 0 Å². The number of aromatic amines is 1. The minimum atomic E-state index is 0.435. The van der Waals surface area contributed by atoms with Crippen molar-refractivity contribution in [3.63, 3.8) is 0 Å². The molecule has 0 saturated carbocycles.